The second-order valence-corrected chi connectivity index (χ2v) is 4.33. The Bertz CT molecular complexity index is 318. The fourth-order valence-corrected chi connectivity index (χ4v) is 1.77. The van der Waals surface area contributed by atoms with Crippen LogP contribution in [0.25, 0.3) is 0 Å². The third kappa shape index (κ3) is 3.24. The van der Waals surface area contributed by atoms with Crippen LogP contribution >= 0.6 is 0 Å². The number of hydrogen-bond donors (Lipinski definition) is 1. The molecule has 0 radical (unpaired) electrons. The highest BCUT2D eigenvalue weighted by Crippen LogP contribution is 2.21. The van der Waals surface area contributed by atoms with Crippen LogP contribution in [0.2, 0.25) is 0 Å². The van der Waals surface area contributed by atoms with E-state index in [0.717, 1.165) is 13.0 Å². The van der Waals surface area contributed by atoms with Crippen LogP contribution in [-0.2, 0) is 6.42 Å². The highest BCUT2D eigenvalue weighted by atomic mass is 15.1. The largest absolute Gasteiger partial charge is 0.375 e. The zero-order valence-electron chi connectivity index (χ0n) is 10.2. The average Bonchev–Trinajstić information content (AvgIpc) is 2.16. The van der Waals surface area contributed by atoms with Crippen LogP contribution < -0.4 is 10.6 Å². The van der Waals surface area contributed by atoms with Gasteiger partial charge in [0.25, 0.3) is 0 Å². The third-order valence-corrected chi connectivity index (χ3v) is 2.66. The molecule has 84 valence electrons. The lowest BCUT2D eigenvalue weighted by molar-refractivity contribution is 0.734. The zero-order chi connectivity index (χ0) is 11.4. The second-order valence-electron chi connectivity index (χ2n) is 4.33. The van der Waals surface area contributed by atoms with Crippen molar-refractivity contribution in [2.24, 2.45) is 5.73 Å². The molecule has 1 aromatic rings. The van der Waals surface area contributed by atoms with Crippen LogP contribution in [0, 0.1) is 6.92 Å². The summed E-state index contributed by atoms with van der Waals surface area (Å²) in [5, 5.41) is 0. The minimum absolute atomic E-state index is 0.218. The average molecular weight is 206 g/mol. The molecule has 1 atom stereocenters. The Morgan fingerprint density at radius 3 is 2.60 bits per heavy atom. The molecule has 1 unspecified atom stereocenters. The summed E-state index contributed by atoms with van der Waals surface area (Å²) in [6.07, 6.45) is 0.946. The van der Waals surface area contributed by atoms with Crippen LogP contribution in [0.4, 0.5) is 5.69 Å². The van der Waals surface area contributed by atoms with Gasteiger partial charge in [0, 0.05) is 25.3 Å². The van der Waals surface area contributed by atoms with Crippen LogP contribution in [0.15, 0.2) is 18.2 Å². The van der Waals surface area contributed by atoms with E-state index in [1.807, 2.05) is 0 Å². The van der Waals surface area contributed by atoms with E-state index in [1.54, 1.807) is 0 Å². The Balaban J connectivity index is 3.02. The number of nitrogens with zero attached hydrogens (tertiary/aromatic N) is 1. The van der Waals surface area contributed by atoms with E-state index < -0.39 is 0 Å². The molecule has 0 aliphatic carbocycles. The minimum Gasteiger partial charge on any atom is -0.375 e. The SMILES string of the molecule is CCN(C)c1ccc(C)cc1CC(C)N. The fraction of sp³-hybridized carbons (Fsp3) is 0.538. The fourth-order valence-electron chi connectivity index (χ4n) is 1.77. The zero-order valence-corrected chi connectivity index (χ0v) is 10.2. The highest BCUT2D eigenvalue weighted by molar-refractivity contribution is 5.54. The molecule has 1 rings (SSSR count). The van der Waals surface area contributed by atoms with Gasteiger partial charge in [-0.3, -0.25) is 0 Å². The molecule has 2 heteroatoms. The Labute approximate surface area is 93.1 Å². The van der Waals surface area contributed by atoms with E-state index in [9.17, 15) is 0 Å². The molecule has 0 fully saturated rings. The van der Waals surface area contributed by atoms with E-state index in [0.29, 0.717) is 0 Å². The maximum Gasteiger partial charge on any atom is 0.0396 e. The molecule has 2 N–H and O–H groups in total. The number of hydrogen-bond acceptors (Lipinski definition) is 2. The first kappa shape index (κ1) is 12.1. The van der Waals surface area contributed by atoms with Gasteiger partial charge >= 0.3 is 0 Å². The Morgan fingerprint density at radius 2 is 2.07 bits per heavy atom. The van der Waals surface area contributed by atoms with Crippen molar-refractivity contribution >= 4 is 5.69 Å². The predicted molar refractivity (Wildman–Crippen MR) is 67.5 cm³/mol. The van der Waals surface area contributed by atoms with E-state index in [1.165, 1.54) is 16.8 Å². The summed E-state index contributed by atoms with van der Waals surface area (Å²) in [6.45, 7) is 7.36. The van der Waals surface area contributed by atoms with Gasteiger partial charge in [-0.2, -0.15) is 0 Å². The van der Waals surface area contributed by atoms with E-state index in [4.69, 9.17) is 5.73 Å². The van der Waals surface area contributed by atoms with Crippen molar-refractivity contribution in [2.45, 2.75) is 33.2 Å². The monoisotopic (exact) mass is 206 g/mol. The summed E-state index contributed by atoms with van der Waals surface area (Å²) < 4.78 is 0. The normalized spacial score (nSPS) is 12.6. The molecule has 0 aromatic heterocycles. The maximum atomic E-state index is 5.87. The number of benzene rings is 1. The summed E-state index contributed by atoms with van der Waals surface area (Å²) >= 11 is 0. The predicted octanol–water partition coefficient (Wildman–Crippen LogP) is 2.34. The summed E-state index contributed by atoms with van der Waals surface area (Å²) in [5.74, 6) is 0. The first-order chi connectivity index (χ1) is 7.04. The first-order valence-electron chi connectivity index (χ1n) is 5.60. The molecular weight excluding hydrogens is 184 g/mol. The van der Waals surface area contributed by atoms with Gasteiger partial charge < -0.3 is 10.6 Å². The van der Waals surface area contributed by atoms with E-state index >= 15 is 0 Å². The molecule has 2 nitrogen and oxygen atoms in total. The summed E-state index contributed by atoms with van der Waals surface area (Å²) in [4.78, 5) is 2.26. The maximum absolute atomic E-state index is 5.87. The standard InChI is InChI=1S/C13H22N2/c1-5-15(4)13-7-6-10(2)8-12(13)9-11(3)14/h6-8,11H,5,9,14H2,1-4H3. The van der Waals surface area contributed by atoms with Crippen LogP contribution in [-0.4, -0.2) is 19.6 Å². The van der Waals surface area contributed by atoms with Gasteiger partial charge in [0.2, 0.25) is 0 Å². The van der Waals surface area contributed by atoms with Crippen molar-refractivity contribution in [3.63, 3.8) is 0 Å². The van der Waals surface area contributed by atoms with Gasteiger partial charge in [-0.15, -0.1) is 0 Å². The lowest BCUT2D eigenvalue weighted by atomic mass is 10.0. The van der Waals surface area contributed by atoms with Gasteiger partial charge in [-0.1, -0.05) is 17.7 Å². The third-order valence-electron chi connectivity index (χ3n) is 2.66. The molecule has 1 aromatic carbocycles. The van der Waals surface area contributed by atoms with Crippen LogP contribution in [0.1, 0.15) is 25.0 Å². The Hall–Kier alpha value is -1.02. The molecule has 0 spiro atoms. The smallest absolute Gasteiger partial charge is 0.0396 e. The van der Waals surface area contributed by atoms with Crippen LogP contribution in [0.3, 0.4) is 0 Å². The molecule has 0 saturated heterocycles. The van der Waals surface area contributed by atoms with E-state index in [2.05, 4.69) is 50.9 Å². The lowest BCUT2D eigenvalue weighted by Crippen LogP contribution is -2.22. The summed E-state index contributed by atoms with van der Waals surface area (Å²) in [6, 6.07) is 6.81. The number of rotatable bonds is 4. The van der Waals surface area contributed by atoms with Gasteiger partial charge in [0.05, 0.1) is 0 Å². The van der Waals surface area contributed by atoms with Gasteiger partial charge in [-0.05, 0) is 38.8 Å². The van der Waals surface area contributed by atoms with Crippen molar-refractivity contribution < 1.29 is 0 Å². The molecule has 0 heterocycles. The summed E-state index contributed by atoms with van der Waals surface area (Å²) in [5.41, 5.74) is 9.83. The van der Waals surface area contributed by atoms with Gasteiger partial charge in [0.1, 0.15) is 0 Å². The molecule has 0 aliphatic rings. The Kier molecular flexibility index (Phi) is 4.15. The second kappa shape index (κ2) is 5.17. The van der Waals surface area contributed by atoms with Crippen molar-refractivity contribution in [2.75, 3.05) is 18.5 Å². The highest BCUT2D eigenvalue weighted by Gasteiger charge is 2.07. The molecule has 0 bridgehead atoms. The molecular formula is C13H22N2. The van der Waals surface area contributed by atoms with E-state index in [-0.39, 0.29) is 6.04 Å². The first-order valence-corrected chi connectivity index (χ1v) is 5.60. The van der Waals surface area contributed by atoms with Crippen molar-refractivity contribution in [1.29, 1.82) is 0 Å². The Morgan fingerprint density at radius 1 is 1.40 bits per heavy atom. The quantitative estimate of drug-likeness (QED) is 0.819. The molecule has 0 aliphatic heterocycles. The molecule has 15 heavy (non-hydrogen) atoms. The summed E-state index contributed by atoms with van der Waals surface area (Å²) in [7, 11) is 2.12. The number of anilines is 1. The minimum atomic E-state index is 0.218. The van der Waals surface area contributed by atoms with Crippen molar-refractivity contribution in [3.8, 4) is 0 Å². The lowest BCUT2D eigenvalue weighted by Gasteiger charge is -2.22. The number of aryl methyl sites for hydroxylation is 1. The van der Waals surface area contributed by atoms with Crippen LogP contribution in [0.5, 0.6) is 0 Å². The number of nitrogens with two attached hydrogens (primary N) is 1. The van der Waals surface area contributed by atoms with Gasteiger partial charge in [-0.25, -0.2) is 0 Å². The topological polar surface area (TPSA) is 29.3 Å². The molecule has 0 saturated carbocycles. The van der Waals surface area contributed by atoms with Crippen molar-refractivity contribution in [1.82, 2.24) is 0 Å². The van der Waals surface area contributed by atoms with Crippen molar-refractivity contribution in [3.05, 3.63) is 29.3 Å². The van der Waals surface area contributed by atoms with Gasteiger partial charge in [0.15, 0.2) is 0 Å². The molecule has 0 amide bonds.